The van der Waals surface area contributed by atoms with Crippen LogP contribution < -0.4 is 16.4 Å². The van der Waals surface area contributed by atoms with Crippen LogP contribution in [-0.4, -0.2) is 64.6 Å². The van der Waals surface area contributed by atoms with Crippen molar-refractivity contribution >= 4 is 34.6 Å². The number of nitrogens with zero attached hydrogens (tertiary/aromatic N) is 1. The summed E-state index contributed by atoms with van der Waals surface area (Å²) in [7, 11) is 0. The van der Waals surface area contributed by atoms with Gasteiger partial charge in [-0.1, -0.05) is 145 Å². The van der Waals surface area contributed by atoms with Crippen molar-refractivity contribution in [3.8, 4) is 0 Å². The van der Waals surface area contributed by atoms with E-state index in [0.29, 0.717) is 38.1 Å². The molecule has 0 bridgehead atoms. The number of hydrogen-bond acceptors (Lipinski definition) is 6. The van der Waals surface area contributed by atoms with Gasteiger partial charge in [0.15, 0.2) is 0 Å². The van der Waals surface area contributed by atoms with Crippen LogP contribution in [0.25, 0.3) is 10.8 Å². The van der Waals surface area contributed by atoms with Gasteiger partial charge in [-0.05, 0) is 59.4 Å². The quantitative estimate of drug-likeness (QED) is 0.0888. The molecule has 1 aliphatic rings. The molecule has 10 nitrogen and oxygen atoms in total. The Kier molecular flexibility index (Phi) is 17.5. The highest BCUT2D eigenvalue weighted by Crippen LogP contribution is 2.32. The summed E-state index contributed by atoms with van der Waals surface area (Å²) in [6, 6.07) is 20.6. The minimum Gasteiger partial charge on any atom is -0.445 e. The van der Waals surface area contributed by atoms with Crippen molar-refractivity contribution in [1.29, 1.82) is 0 Å². The van der Waals surface area contributed by atoms with Crippen LogP contribution in [0.2, 0.25) is 0 Å². The average Bonchev–Trinajstić information content (AvgIpc) is 3.19. The number of hydrogen-bond donors (Lipinski definition) is 4. The number of unbranched alkanes of at least 4 members (excludes halogenated alkanes) is 1. The highest BCUT2D eigenvalue weighted by atomic mass is 16.5. The zero-order chi connectivity index (χ0) is 39.7. The van der Waals surface area contributed by atoms with Crippen LogP contribution >= 0.6 is 0 Å². The molecule has 0 saturated heterocycles. The third-order valence-electron chi connectivity index (χ3n) is 11.0. The number of carbonyl (C=O) groups is 4. The van der Waals surface area contributed by atoms with Crippen molar-refractivity contribution in [1.82, 2.24) is 15.5 Å². The second-order valence-corrected chi connectivity index (χ2v) is 15.8. The maximum absolute atomic E-state index is 14.9. The molecule has 1 saturated carbocycles. The third kappa shape index (κ3) is 13.4. The lowest BCUT2D eigenvalue weighted by Crippen LogP contribution is -2.59. The van der Waals surface area contributed by atoms with E-state index in [4.69, 9.17) is 10.5 Å². The van der Waals surface area contributed by atoms with Gasteiger partial charge >= 0.3 is 6.09 Å². The monoisotopic (exact) mass is 756 g/mol. The Morgan fingerprint density at radius 2 is 1.58 bits per heavy atom. The summed E-state index contributed by atoms with van der Waals surface area (Å²) >= 11 is 0. The van der Waals surface area contributed by atoms with Crippen molar-refractivity contribution in [3.05, 3.63) is 83.9 Å². The van der Waals surface area contributed by atoms with Crippen LogP contribution in [0.5, 0.6) is 0 Å². The summed E-state index contributed by atoms with van der Waals surface area (Å²) in [4.78, 5) is 56.7. The van der Waals surface area contributed by atoms with Crippen molar-refractivity contribution in [2.75, 3.05) is 6.54 Å². The van der Waals surface area contributed by atoms with Crippen LogP contribution in [-0.2, 0) is 32.1 Å². The van der Waals surface area contributed by atoms with E-state index in [1.807, 2.05) is 100 Å². The number of nitrogens with two attached hydrogens (primary N) is 1. The van der Waals surface area contributed by atoms with E-state index in [2.05, 4.69) is 10.6 Å². The summed E-state index contributed by atoms with van der Waals surface area (Å²) in [6.07, 6.45) is 7.06. The molecule has 0 unspecified atom stereocenters. The largest absolute Gasteiger partial charge is 0.445 e. The third-order valence-corrected chi connectivity index (χ3v) is 11.0. The van der Waals surface area contributed by atoms with Gasteiger partial charge in [-0.25, -0.2) is 4.79 Å². The van der Waals surface area contributed by atoms with Crippen LogP contribution in [0.1, 0.15) is 109 Å². The number of fused-ring (bicyclic) bond motifs is 1. The Bertz CT molecular complexity index is 1650. The predicted molar refractivity (Wildman–Crippen MR) is 218 cm³/mol. The molecule has 10 heteroatoms. The maximum Gasteiger partial charge on any atom is 0.408 e. The lowest BCUT2D eigenvalue weighted by Gasteiger charge is -2.41. The molecule has 0 aliphatic heterocycles. The van der Waals surface area contributed by atoms with Crippen LogP contribution in [0.3, 0.4) is 0 Å². The SMILES string of the molecule is CCCC[C@H](NC(=O)[C@H](Cc1cccc2ccccc12)NC(=O)OCc1ccccc1)C(=O)N(CC(C)C)[C@@H](CC1CCCCC1)[C@@H](O)C[C@@H](CC)C(N)=O. The van der Waals surface area contributed by atoms with Crippen molar-refractivity contribution in [2.45, 2.75) is 136 Å². The molecule has 3 aromatic carbocycles. The first-order chi connectivity index (χ1) is 26.5. The van der Waals surface area contributed by atoms with E-state index in [-0.39, 0.29) is 31.3 Å². The van der Waals surface area contributed by atoms with Crippen molar-refractivity contribution in [3.63, 3.8) is 0 Å². The van der Waals surface area contributed by atoms with E-state index in [0.717, 1.165) is 54.0 Å². The first kappa shape index (κ1) is 43.3. The molecule has 4 rings (SSSR count). The van der Waals surface area contributed by atoms with E-state index >= 15 is 0 Å². The molecule has 55 heavy (non-hydrogen) atoms. The number of amides is 4. The van der Waals surface area contributed by atoms with E-state index in [9.17, 15) is 24.3 Å². The standard InChI is InChI=1S/C45H64N4O6/c1-5-7-25-38(44(53)49(29-31(3)4)40(26-32-17-10-8-11-18-32)41(50)28-34(6-2)42(46)51)47-43(52)39(48-45(54)55-30-33-19-12-9-13-20-33)27-36-23-16-22-35-21-14-15-24-37(35)36/h9,12-16,19-24,31-32,34,38-41,50H,5-8,10-11,17-18,25-30H2,1-4H3,(H2,46,51)(H,47,52)(H,48,54)/t34-,38+,39+,40+,41+/m1/s1. The summed E-state index contributed by atoms with van der Waals surface area (Å²) in [5.74, 6) is -1.32. The number of rotatable bonds is 21. The molecule has 1 fully saturated rings. The van der Waals surface area contributed by atoms with Crippen molar-refractivity contribution in [2.24, 2.45) is 23.5 Å². The highest BCUT2D eigenvalue weighted by Gasteiger charge is 2.38. The molecule has 5 atom stereocenters. The summed E-state index contributed by atoms with van der Waals surface area (Å²) in [6.45, 7) is 8.40. The van der Waals surface area contributed by atoms with Gasteiger partial charge in [0.2, 0.25) is 17.7 Å². The van der Waals surface area contributed by atoms with E-state index < -0.39 is 48.1 Å². The Balaban J connectivity index is 1.65. The molecular weight excluding hydrogens is 693 g/mol. The highest BCUT2D eigenvalue weighted by molar-refractivity contribution is 5.93. The lowest BCUT2D eigenvalue weighted by molar-refractivity contribution is -0.143. The Morgan fingerprint density at radius 3 is 2.25 bits per heavy atom. The second-order valence-electron chi connectivity index (χ2n) is 15.8. The van der Waals surface area contributed by atoms with Crippen LogP contribution in [0.15, 0.2) is 72.8 Å². The molecule has 0 heterocycles. The number of nitrogens with one attached hydrogen (secondary N) is 2. The molecular formula is C45H64N4O6. The van der Waals surface area contributed by atoms with E-state index in [1.54, 1.807) is 4.90 Å². The van der Waals surface area contributed by atoms with E-state index in [1.165, 1.54) is 6.42 Å². The number of aliphatic hydroxyl groups is 1. The number of primary amides is 1. The molecule has 0 spiro atoms. The number of carbonyl (C=O) groups excluding carboxylic acids is 4. The van der Waals surface area contributed by atoms with Gasteiger partial charge in [0, 0.05) is 18.9 Å². The topological polar surface area (TPSA) is 151 Å². The molecule has 0 radical (unpaired) electrons. The molecule has 3 aromatic rings. The minimum atomic E-state index is -1.05. The normalized spacial score (nSPS) is 16.1. The first-order valence-corrected chi connectivity index (χ1v) is 20.5. The Hall–Kier alpha value is -4.44. The molecule has 4 amide bonds. The molecule has 5 N–H and O–H groups in total. The van der Waals surface area contributed by atoms with Gasteiger partial charge in [-0.3, -0.25) is 14.4 Å². The summed E-state index contributed by atoms with van der Waals surface area (Å²) in [5, 5.41) is 19.7. The average molecular weight is 757 g/mol. The second kappa shape index (κ2) is 22.2. The summed E-state index contributed by atoms with van der Waals surface area (Å²) < 4.78 is 5.55. The van der Waals surface area contributed by atoms with Gasteiger partial charge in [0.25, 0.3) is 0 Å². The number of benzene rings is 3. The lowest BCUT2D eigenvalue weighted by atomic mass is 9.81. The van der Waals surface area contributed by atoms with Crippen molar-refractivity contribution < 1.29 is 29.0 Å². The Morgan fingerprint density at radius 1 is 0.891 bits per heavy atom. The van der Waals surface area contributed by atoms with Gasteiger partial charge < -0.3 is 31.1 Å². The van der Waals surface area contributed by atoms with Gasteiger partial charge in [0.05, 0.1) is 12.1 Å². The minimum absolute atomic E-state index is 0.0381. The fourth-order valence-electron chi connectivity index (χ4n) is 7.92. The Labute approximate surface area is 328 Å². The fraction of sp³-hybridized carbons (Fsp3) is 0.556. The van der Waals surface area contributed by atoms with Crippen LogP contribution in [0.4, 0.5) is 4.79 Å². The fourth-order valence-corrected chi connectivity index (χ4v) is 7.92. The number of ether oxygens (including phenoxy) is 1. The molecule has 1 aliphatic carbocycles. The van der Waals surface area contributed by atoms with Crippen LogP contribution in [0, 0.1) is 17.8 Å². The maximum atomic E-state index is 14.9. The predicted octanol–water partition coefficient (Wildman–Crippen LogP) is 7.44. The zero-order valence-corrected chi connectivity index (χ0v) is 33.4. The number of aliphatic hydroxyl groups excluding tert-OH is 1. The smallest absolute Gasteiger partial charge is 0.408 e. The molecule has 300 valence electrons. The van der Waals surface area contributed by atoms with Gasteiger partial charge in [-0.15, -0.1) is 0 Å². The summed E-state index contributed by atoms with van der Waals surface area (Å²) in [5.41, 5.74) is 7.42. The first-order valence-electron chi connectivity index (χ1n) is 20.5. The molecule has 0 aromatic heterocycles. The number of alkyl carbamates (subject to hydrolysis) is 1. The zero-order valence-electron chi connectivity index (χ0n) is 33.4. The van der Waals surface area contributed by atoms with Gasteiger partial charge in [0.1, 0.15) is 18.7 Å². The van der Waals surface area contributed by atoms with Gasteiger partial charge in [-0.2, -0.15) is 0 Å².